The second kappa shape index (κ2) is 7.77. The van der Waals surface area contributed by atoms with Gasteiger partial charge in [-0.25, -0.2) is 13.4 Å². The predicted octanol–water partition coefficient (Wildman–Crippen LogP) is 3.54. The van der Waals surface area contributed by atoms with Crippen molar-refractivity contribution in [2.75, 3.05) is 4.72 Å². The Morgan fingerprint density at radius 1 is 1.07 bits per heavy atom. The topological polar surface area (TPSA) is 111 Å². The summed E-state index contributed by atoms with van der Waals surface area (Å²) in [4.78, 5) is 15.4. The van der Waals surface area contributed by atoms with Gasteiger partial charge in [0.1, 0.15) is 5.75 Å². The van der Waals surface area contributed by atoms with Gasteiger partial charge in [-0.05, 0) is 42.5 Å². The zero-order valence-corrected chi connectivity index (χ0v) is 16.2. The van der Waals surface area contributed by atoms with Crippen LogP contribution in [-0.2, 0) is 10.0 Å². The van der Waals surface area contributed by atoms with Crippen LogP contribution in [0.15, 0.2) is 76.2 Å². The summed E-state index contributed by atoms with van der Waals surface area (Å²) in [6.45, 7) is 0. The van der Waals surface area contributed by atoms with E-state index in [1.165, 1.54) is 36.5 Å². The lowest BCUT2D eigenvalue weighted by molar-refractivity contribution is 0.1000. The molecule has 0 atom stereocenters. The number of pyridine rings is 1. The third kappa shape index (κ3) is 4.83. The van der Waals surface area contributed by atoms with Crippen molar-refractivity contribution in [3.05, 3.63) is 76.9 Å². The van der Waals surface area contributed by atoms with Crippen molar-refractivity contribution >= 4 is 37.5 Å². The van der Waals surface area contributed by atoms with E-state index in [-0.39, 0.29) is 16.5 Å². The van der Waals surface area contributed by atoms with Crippen molar-refractivity contribution < 1.29 is 17.9 Å². The molecule has 0 bridgehead atoms. The van der Waals surface area contributed by atoms with Gasteiger partial charge in [0.2, 0.25) is 11.8 Å². The number of nitrogens with two attached hydrogens (primary N) is 1. The summed E-state index contributed by atoms with van der Waals surface area (Å²) in [6, 6.07) is 15.7. The molecule has 0 aliphatic carbocycles. The zero-order chi connectivity index (χ0) is 19.4. The number of amides is 1. The third-order valence-electron chi connectivity index (χ3n) is 3.44. The molecule has 7 nitrogen and oxygen atoms in total. The van der Waals surface area contributed by atoms with E-state index in [0.29, 0.717) is 15.8 Å². The highest BCUT2D eigenvalue weighted by Crippen LogP contribution is 2.23. The Kier molecular flexibility index (Phi) is 5.43. The van der Waals surface area contributed by atoms with E-state index in [1.54, 1.807) is 30.3 Å². The molecular weight excluding hydrogens is 434 g/mol. The van der Waals surface area contributed by atoms with Crippen LogP contribution < -0.4 is 15.2 Å². The molecule has 0 spiro atoms. The molecule has 0 unspecified atom stereocenters. The Morgan fingerprint density at radius 3 is 2.52 bits per heavy atom. The molecule has 0 fully saturated rings. The third-order valence-corrected chi connectivity index (χ3v) is 5.31. The van der Waals surface area contributed by atoms with Gasteiger partial charge in [-0.15, -0.1) is 0 Å². The Bertz CT molecular complexity index is 1090. The number of hydrogen-bond acceptors (Lipinski definition) is 5. The summed E-state index contributed by atoms with van der Waals surface area (Å²) in [7, 11) is -3.73. The van der Waals surface area contributed by atoms with E-state index >= 15 is 0 Å². The molecule has 3 N–H and O–H groups in total. The molecule has 0 saturated heterocycles. The molecule has 0 aliphatic rings. The number of nitrogens with one attached hydrogen (secondary N) is 1. The number of ether oxygens (including phenoxy) is 1. The van der Waals surface area contributed by atoms with Crippen LogP contribution in [0.1, 0.15) is 10.4 Å². The second-order valence-electron chi connectivity index (χ2n) is 5.44. The number of sulfonamides is 1. The Hall–Kier alpha value is -2.91. The van der Waals surface area contributed by atoms with Crippen molar-refractivity contribution in [3.8, 4) is 11.6 Å². The molecule has 3 aromatic rings. The summed E-state index contributed by atoms with van der Waals surface area (Å²) in [5.41, 5.74) is 5.83. The van der Waals surface area contributed by atoms with Gasteiger partial charge in [0.25, 0.3) is 10.0 Å². The summed E-state index contributed by atoms with van der Waals surface area (Å²) >= 11 is 3.25. The van der Waals surface area contributed by atoms with Gasteiger partial charge in [0, 0.05) is 16.1 Å². The average molecular weight is 448 g/mol. The maximum absolute atomic E-state index is 12.4. The molecular formula is C18H14BrN3O4S. The van der Waals surface area contributed by atoms with Crippen LogP contribution in [-0.4, -0.2) is 19.3 Å². The molecule has 3 rings (SSSR count). The van der Waals surface area contributed by atoms with Crippen molar-refractivity contribution in [2.45, 2.75) is 4.90 Å². The fraction of sp³-hybridized carbons (Fsp3) is 0. The van der Waals surface area contributed by atoms with Crippen molar-refractivity contribution in [3.63, 3.8) is 0 Å². The first kappa shape index (κ1) is 18.9. The van der Waals surface area contributed by atoms with Gasteiger partial charge >= 0.3 is 0 Å². The number of aromatic nitrogens is 1. The van der Waals surface area contributed by atoms with E-state index < -0.39 is 15.9 Å². The highest BCUT2D eigenvalue weighted by Gasteiger charge is 2.14. The van der Waals surface area contributed by atoms with E-state index in [2.05, 4.69) is 25.6 Å². The van der Waals surface area contributed by atoms with Crippen LogP contribution in [0.25, 0.3) is 0 Å². The minimum absolute atomic E-state index is 0.125. The molecule has 0 saturated carbocycles. The van der Waals surface area contributed by atoms with Gasteiger partial charge in [-0.3, -0.25) is 9.52 Å². The van der Waals surface area contributed by atoms with Crippen LogP contribution in [0.4, 0.5) is 5.69 Å². The number of hydrogen-bond donors (Lipinski definition) is 2. The van der Waals surface area contributed by atoms with Gasteiger partial charge in [0.05, 0.1) is 16.8 Å². The molecule has 138 valence electrons. The number of carbonyl (C=O) groups is 1. The highest BCUT2D eigenvalue weighted by atomic mass is 79.9. The lowest BCUT2D eigenvalue weighted by Crippen LogP contribution is -2.13. The van der Waals surface area contributed by atoms with Crippen LogP contribution in [0.3, 0.4) is 0 Å². The number of halogens is 1. The fourth-order valence-corrected chi connectivity index (χ4v) is 3.82. The second-order valence-corrected chi connectivity index (χ2v) is 8.04. The average Bonchev–Trinajstić information content (AvgIpc) is 2.63. The van der Waals surface area contributed by atoms with Crippen molar-refractivity contribution in [1.82, 2.24) is 4.98 Å². The molecule has 1 heterocycles. The first-order valence-electron chi connectivity index (χ1n) is 7.66. The number of carbonyl (C=O) groups excluding carboxylic acids is 1. The first-order chi connectivity index (χ1) is 12.8. The molecule has 1 amide bonds. The number of rotatable bonds is 6. The summed E-state index contributed by atoms with van der Waals surface area (Å²) in [5.74, 6) is 0.0639. The number of nitrogens with zero attached hydrogens (tertiary/aromatic N) is 1. The standard InChI is InChI=1S/C18H14BrN3O4S/c19-13-4-2-6-16(10-13)27(24,25)22-14-7-8-17(21-11-14)26-15-5-1-3-12(9-15)18(20)23/h1-11,22H,(H2,20,23). The lowest BCUT2D eigenvalue weighted by atomic mass is 10.2. The molecule has 0 radical (unpaired) electrons. The van der Waals surface area contributed by atoms with Crippen LogP contribution in [0, 0.1) is 0 Å². The van der Waals surface area contributed by atoms with E-state index in [0.717, 1.165) is 0 Å². The van der Waals surface area contributed by atoms with Gasteiger partial charge in [0.15, 0.2) is 0 Å². The summed E-state index contributed by atoms with van der Waals surface area (Å²) < 4.78 is 33.5. The van der Waals surface area contributed by atoms with Gasteiger partial charge in [-0.1, -0.05) is 28.1 Å². The van der Waals surface area contributed by atoms with Gasteiger partial charge in [-0.2, -0.15) is 0 Å². The van der Waals surface area contributed by atoms with Crippen molar-refractivity contribution in [2.24, 2.45) is 5.73 Å². The smallest absolute Gasteiger partial charge is 0.261 e. The van der Waals surface area contributed by atoms with Gasteiger partial charge < -0.3 is 10.5 Å². The molecule has 1 aromatic heterocycles. The normalized spacial score (nSPS) is 11.0. The number of benzene rings is 2. The predicted molar refractivity (Wildman–Crippen MR) is 104 cm³/mol. The largest absolute Gasteiger partial charge is 0.439 e. The van der Waals surface area contributed by atoms with Crippen LogP contribution >= 0.6 is 15.9 Å². The van der Waals surface area contributed by atoms with E-state index in [1.807, 2.05) is 0 Å². The van der Waals surface area contributed by atoms with Crippen molar-refractivity contribution in [1.29, 1.82) is 0 Å². The summed E-state index contributed by atoms with van der Waals surface area (Å²) in [6.07, 6.45) is 1.34. The Labute approximate surface area is 164 Å². The highest BCUT2D eigenvalue weighted by molar-refractivity contribution is 9.10. The molecule has 0 aliphatic heterocycles. The molecule has 9 heteroatoms. The minimum Gasteiger partial charge on any atom is -0.439 e. The first-order valence-corrected chi connectivity index (χ1v) is 9.93. The van der Waals surface area contributed by atoms with Crippen LogP contribution in [0.2, 0.25) is 0 Å². The summed E-state index contributed by atoms with van der Waals surface area (Å²) in [5, 5.41) is 0. The van der Waals surface area contributed by atoms with E-state index in [9.17, 15) is 13.2 Å². The Morgan fingerprint density at radius 2 is 1.85 bits per heavy atom. The maximum atomic E-state index is 12.4. The fourth-order valence-electron chi connectivity index (χ4n) is 2.18. The quantitative estimate of drug-likeness (QED) is 0.599. The Balaban J connectivity index is 1.74. The minimum atomic E-state index is -3.73. The monoisotopic (exact) mass is 447 g/mol. The number of anilines is 1. The molecule has 2 aromatic carbocycles. The van der Waals surface area contributed by atoms with Crippen LogP contribution in [0.5, 0.6) is 11.6 Å². The lowest BCUT2D eigenvalue weighted by Gasteiger charge is -2.09. The SMILES string of the molecule is NC(=O)c1cccc(Oc2ccc(NS(=O)(=O)c3cccc(Br)c3)cn2)c1. The zero-order valence-electron chi connectivity index (χ0n) is 13.8. The van der Waals surface area contributed by atoms with E-state index in [4.69, 9.17) is 10.5 Å². The maximum Gasteiger partial charge on any atom is 0.261 e. The number of primary amides is 1. The molecule has 27 heavy (non-hydrogen) atoms.